The number of hydrogen-bond acceptors (Lipinski definition) is 1. The van der Waals surface area contributed by atoms with Crippen LogP contribution in [0.25, 0.3) is 0 Å². The molecule has 0 aliphatic heterocycles. The molecule has 0 spiro atoms. The van der Waals surface area contributed by atoms with Gasteiger partial charge in [-0.3, -0.25) is 0 Å². The van der Waals surface area contributed by atoms with Gasteiger partial charge in [0.1, 0.15) is 6.29 Å². The molecule has 0 saturated heterocycles. The first-order valence-electron chi connectivity index (χ1n) is 7.34. The maximum Gasteiger partial charge on any atom is 0.133 e. The van der Waals surface area contributed by atoms with Crippen LogP contribution in [0.3, 0.4) is 0 Å². The average molecular weight is 315 g/mol. The van der Waals surface area contributed by atoms with Crippen molar-refractivity contribution in [1.29, 1.82) is 0 Å². The first kappa shape index (κ1) is 17.7. The number of unbranched alkanes of at least 4 members (excludes halogenated alkanes) is 10. The van der Waals surface area contributed by atoms with E-state index in [2.05, 4.69) is 21.9 Å². The molecule has 0 aromatic heterocycles. The number of hydrogen-bond donors (Lipinski definition) is 0. The predicted octanol–water partition coefficient (Wildman–Crippen LogP) is 5.26. The third-order valence-corrected chi connectivity index (χ3v) is 3.87. The molecule has 0 amide bonds. The molecule has 0 fully saturated rings. The number of terminal acetylenes is 1. The fourth-order valence-electron chi connectivity index (χ4n) is 2.05. The first-order valence-corrected chi connectivity index (χ1v) is 8.25. The Morgan fingerprint density at radius 2 is 1.33 bits per heavy atom. The van der Waals surface area contributed by atoms with E-state index in [9.17, 15) is 4.79 Å². The Kier molecular flexibility index (Phi) is 14.5. The lowest BCUT2D eigenvalue weighted by Gasteiger charge is -2.03. The Balaban J connectivity index is 2.99. The minimum Gasteiger partial charge on any atom is -0.302 e. The molecule has 0 saturated carbocycles. The van der Waals surface area contributed by atoms with Crippen molar-refractivity contribution in [2.45, 2.75) is 81.9 Å². The Hall–Kier alpha value is -0.290. The molecule has 2 heteroatoms. The number of carbonyl (C=O) groups is 1. The summed E-state index contributed by atoms with van der Waals surface area (Å²) >= 11 is 3.33. The molecule has 18 heavy (non-hydrogen) atoms. The van der Waals surface area contributed by atoms with E-state index >= 15 is 0 Å². The van der Waals surface area contributed by atoms with Crippen molar-refractivity contribution in [1.82, 2.24) is 0 Å². The van der Waals surface area contributed by atoms with Gasteiger partial charge in [-0.2, -0.15) is 0 Å². The van der Waals surface area contributed by atoms with Gasteiger partial charge in [0.15, 0.2) is 0 Å². The van der Waals surface area contributed by atoms with Crippen LogP contribution >= 0.6 is 15.9 Å². The van der Waals surface area contributed by atoms with Crippen LogP contribution in [0.4, 0.5) is 0 Å². The van der Waals surface area contributed by atoms with Crippen LogP contribution in [-0.4, -0.2) is 11.1 Å². The van der Waals surface area contributed by atoms with Crippen molar-refractivity contribution in [2.75, 3.05) is 0 Å². The fourth-order valence-corrected chi connectivity index (χ4v) is 2.37. The summed E-state index contributed by atoms with van der Waals surface area (Å²) in [5.74, 6) is 2.69. The molecule has 0 aromatic rings. The van der Waals surface area contributed by atoms with Crippen molar-refractivity contribution in [3.63, 3.8) is 0 Å². The fraction of sp³-hybridized carbons (Fsp3) is 0.812. The minimum atomic E-state index is 0.0699. The van der Waals surface area contributed by atoms with Crippen LogP contribution < -0.4 is 0 Å². The van der Waals surface area contributed by atoms with Gasteiger partial charge < -0.3 is 4.79 Å². The van der Waals surface area contributed by atoms with Gasteiger partial charge in [-0.05, 0) is 12.8 Å². The molecule has 1 unspecified atom stereocenters. The summed E-state index contributed by atoms with van der Waals surface area (Å²) in [6.45, 7) is 0. The molecule has 1 nitrogen and oxygen atoms in total. The van der Waals surface area contributed by atoms with Gasteiger partial charge in [0, 0.05) is 6.42 Å². The normalized spacial score (nSPS) is 12.0. The average Bonchev–Trinajstić information content (AvgIpc) is 2.39. The van der Waals surface area contributed by atoms with Gasteiger partial charge in [0.05, 0.1) is 4.83 Å². The topological polar surface area (TPSA) is 17.1 Å². The van der Waals surface area contributed by atoms with Gasteiger partial charge >= 0.3 is 0 Å². The highest BCUT2D eigenvalue weighted by molar-refractivity contribution is 9.09. The number of aldehydes is 1. The summed E-state index contributed by atoms with van der Waals surface area (Å²) in [6, 6.07) is 0. The van der Waals surface area contributed by atoms with E-state index in [-0.39, 0.29) is 4.83 Å². The summed E-state index contributed by atoms with van der Waals surface area (Å²) < 4.78 is 0. The van der Waals surface area contributed by atoms with Crippen molar-refractivity contribution >= 4 is 22.2 Å². The van der Waals surface area contributed by atoms with E-state index in [0.717, 1.165) is 19.1 Å². The number of alkyl halides is 1. The second-order valence-electron chi connectivity index (χ2n) is 4.93. The summed E-state index contributed by atoms with van der Waals surface area (Å²) in [7, 11) is 0. The lowest BCUT2D eigenvalue weighted by molar-refractivity contribution is -0.107. The summed E-state index contributed by atoms with van der Waals surface area (Å²) in [5, 5.41) is 0. The van der Waals surface area contributed by atoms with Gasteiger partial charge in [0.2, 0.25) is 0 Å². The molecule has 0 bridgehead atoms. The third-order valence-electron chi connectivity index (χ3n) is 3.20. The Morgan fingerprint density at radius 3 is 1.78 bits per heavy atom. The van der Waals surface area contributed by atoms with E-state index in [0.29, 0.717) is 0 Å². The molecule has 104 valence electrons. The Labute approximate surface area is 121 Å². The maximum absolute atomic E-state index is 10.4. The van der Waals surface area contributed by atoms with Gasteiger partial charge in [0.25, 0.3) is 0 Å². The molecule has 0 rings (SSSR count). The highest BCUT2D eigenvalue weighted by Gasteiger charge is 2.00. The molecule has 0 aliphatic rings. The molecule has 0 N–H and O–H groups in total. The molecule has 1 atom stereocenters. The quantitative estimate of drug-likeness (QED) is 0.196. The minimum absolute atomic E-state index is 0.0699. The standard InChI is InChI=1S/C16H27BrO/c1-2-3-4-5-6-7-8-9-10-11-12-13-14-16(17)15-18/h1,15-16H,3-14H2. The van der Waals surface area contributed by atoms with Gasteiger partial charge in [-0.15, -0.1) is 12.3 Å². The zero-order chi connectivity index (χ0) is 13.5. The van der Waals surface area contributed by atoms with Crippen LogP contribution in [0.5, 0.6) is 0 Å². The monoisotopic (exact) mass is 314 g/mol. The van der Waals surface area contributed by atoms with E-state index in [4.69, 9.17) is 6.42 Å². The van der Waals surface area contributed by atoms with E-state index in [1.54, 1.807) is 0 Å². The van der Waals surface area contributed by atoms with E-state index < -0.39 is 0 Å². The van der Waals surface area contributed by atoms with Crippen molar-refractivity contribution in [3.8, 4) is 12.3 Å². The zero-order valence-corrected chi connectivity index (χ0v) is 13.1. The number of rotatable bonds is 13. The van der Waals surface area contributed by atoms with Crippen molar-refractivity contribution in [3.05, 3.63) is 0 Å². The number of carbonyl (C=O) groups excluding carboxylic acids is 1. The predicted molar refractivity (Wildman–Crippen MR) is 83.0 cm³/mol. The van der Waals surface area contributed by atoms with Crippen LogP contribution in [0.1, 0.15) is 77.0 Å². The molecule has 0 aliphatic carbocycles. The van der Waals surface area contributed by atoms with Gasteiger partial charge in [-0.1, -0.05) is 73.7 Å². The SMILES string of the molecule is C#CCCCCCCCCCCCCC(Br)C=O. The zero-order valence-electron chi connectivity index (χ0n) is 11.5. The van der Waals surface area contributed by atoms with Crippen LogP contribution in [-0.2, 0) is 4.79 Å². The Bertz CT molecular complexity index is 220. The summed E-state index contributed by atoms with van der Waals surface area (Å²) in [4.78, 5) is 10.4. The maximum atomic E-state index is 10.4. The molecular weight excluding hydrogens is 288 g/mol. The van der Waals surface area contributed by atoms with E-state index in [1.807, 2.05) is 0 Å². The molecule has 0 heterocycles. The molecular formula is C16H27BrO. The highest BCUT2D eigenvalue weighted by Crippen LogP contribution is 2.13. The molecule has 0 aromatic carbocycles. The Morgan fingerprint density at radius 1 is 0.889 bits per heavy atom. The first-order chi connectivity index (χ1) is 8.81. The number of halogens is 1. The van der Waals surface area contributed by atoms with Crippen LogP contribution in [0.2, 0.25) is 0 Å². The van der Waals surface area contributed by atoms with Crippen LogP contribution in [0.15, 0.2) is 0 Å². The summed E-state index contributed by atoms with van der Waals surface area (Å²) in [5.41, 5.74) is 0. The van der Waals surface area contributed by atoms with E-state index in [1.165, 1.54) is 64.2 Å². The second-order valence-corrected chi connectivity index (χ2v) is 6.11. The largest absolute Gasteiger partial charge is 0.302 e. The second kappa shape index (κ2) is 14.8. The summed E-state index contributed by atoms with van der Waals surface area (Å²) in [6.07, 6.45) is 21.1. The van der Waals surface area contributed by atoms with Crippen LogP contribution in [0, 0.1) is 12.3 Å². The lowest BCUT2D eigenvalue weighted by Crippen LogP contribution is -1.97. The van der Waals surface area contributed by atoms with Crippen molar-refractivity contribution in [2.24, 2.45) is 0 Å². The lowest BCUT2D eigenvalue weighted by atomic mass is 10.0. The third kappa shape index (κ3) is 13.8. The highest BCUT2D eigenvalue weighted by atomic mass is 79.9. The molecule has 0 radical (unpaired) electrons. The van der Waals surface area contributed by atoms with Gasteiger partial charge in [-0.25, -0.2) is 0 Å². The smallest absolute Gasteiger partial charge is 0.133 e. The van der Waals surface area contributed by atoms with Crippen molar-refractivity contribution < 1.29 is 4.79 Å².